The van der Waals surface area contributed by atoms with Crippen LogP contribution in [-0.4, -0.2) is 42.8 Å². The second kappa shape index (κ2) is 4.84. The van der Waals surface area contributed by atoms with Crippen molar-refractivity contribution in [3.63, 3.8) is 0 Å². The van der Waals surface area contributed by atoms with Crippen LogP contribution >= 0.6 is 0 Å². The molecule has 2 N–H and O–H groups in total. The minimum atomic E-state index is -5.44. The molecule has 0 aliphatic carbocycles. The number of nitrogens with zero attached hydrogens (tertiary/aromatic N) is 1. The van der Waals surface area contributed by atoms with E-state index in [0.717, 1.165) is 0 Å². The highest BCUT2D eigenvalue weighted by molar-refractivity contribution is 5.79. The topological polar surface area (TPSA) is 46.3 Å². The van der Waals surface area contributed by atoms with E-state index >= 15 is 0 Å². The predicted molar refractivity (Wildman–Crippen MR) is 54.0 cm³/mol. The van der Waals surface area contributed by atoms with E-state index in [0.29, 0.717) is 4.90 Å². The van der Waals surface area contributed by atoms with Crippen LogP contribution in [0, 0.1) is 11.3 Å². The number of halogens is 6. The van der Waals surface area contributed by atoms with Gasteiger partial charge in [0.05, 0.1) is 0 Å². The Bertz CT molecular complexity index is 337. The summed E-state index contributed by atoms with van der Waals surface area (Å²) < 4.78 is 76.5. The highest BCUT2D eigenvalue weighted by Gasteiger charge is 2.72. The molecule has 0 saturated carbocycles. The lowest BCUT2D eigenvalue weighted by atomic mass is 9.85. The molecule has 1 amide bonds. The zero-order valence-electron chi connectivity index (χ0n) is 10.1. The van der Waals surface area contributed by atoms with E-state index in [1.165, 1.54) is 6.92 Å². The van der Waals surface area contributed by atoms with E-state index in [9.17, 15) is 31.1 Å². The maximum absolute atomic E-state index is 12.7. The largest absolute Gasteiger partial charge is 0.404 e. The number of likely N-dealkylation sites (tertiary alicyclic amines) is 1. The highest BCUT2D eigenvalue weighted by atomic mass is 19.4. The van der Waals surface area contributed by atoms with Crippen molar-refractivity contribution in [2.75, 3.05) is 19.6 Å². The number of hydrogen-bond acceptors (Lipinski definition) is 2. The number of hydrogen-bond donors (Lipinski definition) is 1. The summed E-state index contributed by atoms with van der Waals surface area (Å²) in [5.74, 6) is -1.57. The smallest absolute Gasteiger partial charge is 0.341 e. The van der Waals surface area contributed by atoms with Crippen molar-refractivity contribution in [2.24, 2.45) is 17.1 Å². The summed E-state index contributed by atoms with van der Waals surface area (Å²) in [6, 6.07) is 0. The third-order valence-corrected chi connectivity index (χ3v) is 3.44. The zero-order chi connectivity index (χ0) is 15.1. The minimum Gasteiger partial charge on any atom is -0.341 e. The molecule has 1 unspecified atom stereocenters. The Morgan fingerprint density at radius 2 is 1.74 bits per heavy atom. The molecule has 0 radical (unpaired) electrons. The number of amides is 1. The molecule has 1 saturated heterocycles. The average molecular weight is 292 g/mol. The van der Waals surface area contributed by atoms with Gasteiger partial charge in [0.25, 0.3) is 0 Å². The molecule has 19 heavy (non-hydrogen) atoms. The lowest BCUT2D eigenvalue weighted by Gasteiger charge is -2.33. The molecule has 3 nitrogen and oxygen atoms in total. The number of carbonyl (C=O) groups is 1. The molecule has 1 atom stereocenters. The van der Waals surface area contributed by atoms with Crippen LogP contribution in [0.2, 0.25) is 0 Å². The van der Waals surface area contributed by atoms with Crippen LogP contribution in [0.3, 0.4) is 0 Å². The standard InChI is InChI=1S/C10H14F6N2O/c1-6(4-17)7(19)18-3-2-8(5-18,9(11,12)13)10(14,15)16/h6H,2-5,17H2,1H3. The molecular formula is C10H14F6N2O. The average Bonchev–Trinajstić information content (AvgIpc) is 2.71. The molecule has 1 aliphatic heterocycles. The lowest BCUT2D eigenvalue weighted by molar-refractivity contribution is -0.334. The van der Waals surface area contributed by atoms with E-state index in [1.807, 2.05) is 0 Å². The molecule has 1 aliphatic rings. The maximum Gasteiger partial charge on any atom is 0.404 e. The van der Waals surface area contributed by atoms with Crippen LogP contribution in [0.5, 0.6) is 0 Å². The Morgan fingerprint density at radius 3 is 2.05 bits per heavy atom. The van der Waals surface area contributed by atoms with Crippen molar-refractivity contribution in [1.29, 1.82) is 0 Å². The summed E-state index contributed by atoms with van der Waals surface area (Å²) in [4.78, 5) is 12.2. The fourth-order valence-corrected chi connectivity index (χ4v) is 2.03. The summed E-state index contributed by atoms with van der Waals surface area (Å²) in [5.41, 5.74) is 1.36. The molecule has 1 rings (SSSR count). The van der Waals surface area contributed by atoms with E-state index in [-0.39, 0.29) is 6.54 Å². The third kappa shape index (κ3) is 2.65. The van der Waals surface area contributed by atoms with Gasteiger partial charge < -0.3 is 10.6 Å². The Labute approximate surface area is 105 Å². The quantitative estimate of drug-likeness (QED) is 0.790. The maximum atomic E-state index is 12.7. The Balaban J connectivity index is 3.00. The van der Waals surface area contributed by atoms with Crippen molar-refractivity contribution >= 4 is 5.91 Å². The van der Waals surface area contributed by atoms with Crippen LogP contribution in [0.1, 0.15) is 13.3 Å². The summed E-state index contributed by atoms with van der Waals surface area (Å²) >= 11 is 0. The number of carbonyl (C=O) groups excluding carboxylic acids is 1. The van der Waals surface area contributed by atoms with Gasteiger partial charge in [-0.05, 0) is 6.42 Å². The molecule has 0 aromatic rings. The fraction of sp³-hybridized carbons (Fsp3) is 0.900. The first-order valence-electron chi connectivity index (χ1n) is 5.58. The second-order valence-corrected chi connectivity index (χ2v) is 4.72. The highest BCUT2D eigenvalue weighted by Crippen LogP contribution is 2.55. The molecule has 1 heterocycles. The van der Waals surface area contributed by atoms with Crippen molar-refractivity contribution in [1.82, 2.24) is 4.90 Å². The SMILES string of the molecule is CC(CN)C(=O)N1CCC(C(F)(F)F)(C(F)(F)F)C1. The van der Waals surface area contributed by atoms with Gasteiger partial charge in [0.15, 0.2) is 5.41 Å². The molecule has 1 fully saturated rings. The van der Waals surface area contributed by atoms with Crippen molar-refractivity contribution in [3.8, 4) is 0 Å². The molecule has 0 aromatic carbocycles. The molecular weight excluding hydrogens is 278 g/mol. The Kier molecular flexibility index (Phi) is 4.09. The third-order valence-electron chi connectivity index (χ3n) is 3.44. The van der Waals surface area contributed by atoms with Crippen LogP contribution < -0.4 is 5.73 Å². The second-order valence-electron chi connectivity index (χ2n) is 4.72. The first kappa shape index (κ1) is 16.1. The lowest BCUT2D eigenvalue weighted by Crippen LogP contribution is -2.52. The first-order chi connectivity index (χ1) is 8.46. The van der Waals surface area contributed by atoms with Gasteiger partial charge in [0.1, 0.15) is 0 Å². The summed E-state index contributed by atoms with van der Waals surface area (Å²) in [5, 5.41) is 0. The van der Waals surface area contributed by atoms with Crippen LogP contribution in [-0.2, 0) is 4.79 Å². The molecule has 9 heteroatoms. The molecule has 0 spiro atoms. The van der Waals surface area contributed by atoms with Gasteiger partial charge in [0, 0.05) is 25.6 Å². The van der Waals surface area contributed by atoms with Gasteiger partial charge in [-0.3, -0.25) is 4.79 Å². The number of rotatable bonds is 2. The van der Waals surface area contributed by atoms with Crippen molar-refractivity contribution in [2.45, 2.75) is 25.7 Å². The van der Waals surface area contributed by atoms with E-state index in [1.54, 1.807) is 0 Å². The molecule has 0 aromatic heterocycles. The van der Waals surface area contributed by atoms with Gasteiger partial charge in [-0.15, -0.1) is 0 Å². The summed E-state index contributed by atoms with van der Waals surface area (Å²) in [6.07, 6.45) is -12.0. The molecule has 0 bridgehead atoms. The summed E-state index contributed by atoms with van der Waals surface area (Å²) in [6.45, 7) is -0.713. The van der Waals surface area contributed by atoms with E-state index < -0.39 is 49.1 Å². The van der Waals surface area contributed by atoms with Gasteiger partial charge >= 0.3 is 12.4 Å². The number of nitrogens with two attached hydrogens (primary N) is 1. The van der Waals surface area contributed by atoms with E-state index in [2.05, 4.69) is 0 Å². The van der Waals surface area contributed by atoms with Gasteiger partial charge in [0.2, 0.25) is 5.91 Å². The minimum absolute atomic E-state index is 0.125. The van der Waals surface area contributed by atoms with Crippen molar-refractivity contribution < 1.29 is 31.1 Å². The predicted octanol–water partition coefficient (Wildman–Crippen LogP) is 1.92. The monoisotopic (exact) mass is 292 g/mol. The van der Waals surface area contributed by atoms with Crippen molar-refractivity contribution in [3.05, 3.63) is 0 Å². The van der Waals surface area contributed by atoms with Crippen LogP contribution in [0.25, 0.3) is 0 Å². The first-order valence-corrected chi connectivity index (χ1v) is 5.58. The fourth-order valence-electron chi connectivity index (χ4n) is 2.03. The summed E-state index contributed by atoms with van der Waals surface area (Å²) in [7, 11) is 0. The van der Waals surface area contributed by atoms with E-state index in [4.69, 9.17) is 5.73 Å². The number of alkyl halides is 6. The zero-order valence-corrected chi connectivity index (χ0v) is 10.1. The Hall–Kier alpha value is -0.990. The normalized spacial score (nSPS) is 21.6. The van der Waals surface area contributed by atoms with Crippen LogP contribution in [0.15, 0.2) is 0 Å². The van der Waals surface area contributed by atoms with Gasteiger partial charge in [-0.25, -0.2) is 0 Å². The molecule has 112 valence electrons. The van der Waals surface area contributed by atoms with Gasteiger partial charge in [-0.1, -0.05) is 6.92 Å². The van der Waals surface area contributed by atoms with Crippen LogP contribution in [0.4, 0.5) is 26.3 Å². The van der Waals surface area contributed by atoms with Gasteiger partial charge in [-0.2, -0.15) is 26.3 Å². The Morgan fingerprint density at radius 1 is 1.26 bits per heavy atom.